The zero-order valence-corrected chi connectivity index (χ0v) is 7.05. The average molecular weight is 153 g/mol. The van der Waals surface area contributed by atoms with Crippen molar-refractivity contribution in [2.24, 2.45) is 5.92 Å². The van der Waals surface area contributed by atoms with Gasteiger partial charge in [0.15, 0.2) is 0 Å². The Bertz CT molecular complexity index is 144. The van der Waals surface area contributed by atoms with E-state index < -0.39 is 0 Å². The summed E-state index contributed by atoms with van der Waals surface area (Å²) in [6.07, 6.45) is 6.13. The number of methoxy groups -OCH3 is 1. The Morgan fingerprint density at radius 3 is 2.91 bits per heavy atom. The maximum atomic E-state index is 5.19. The molecule has 0 aromatic heterocycles. The van der Waals surface area contributed by atoms with Crippen LogP contribution in [0.1, 0.15) is 6.42 Å². The SMILES string of the molecule is C#CCC1CN(CCOC)C1. The van der Waals surface area contributed by atoms with Crippen molar-refractivity contribution in [1.82, 2.24) is 4.90 Å². The minimum atomic E-state index is 0.747. The third-order valence-electron chi connectivity index (χ3n) is 2.05. The lowest BCUT2D eigenvalue weighted by molar-refractivity contribution is 0.0670. The van der Waals surface area contributed by atoms with Crippen molar-refractivity contribution in [3.8, 4) is 12.3 Å². The summed E-state index contributed by atoms with van der Waals surface area (Å²) in [6, 6.07) is 0. The first-order valence-corrected chi connectivity index (χ1v) is 4.01. The molecule has 1 aliphatic rings. The molecule has 1 heterocycles. The molecule has 0 aromatic carbocycles. The molecule has 2 heteroatoms. The van der Waals surface area contributed by atoms with Crippen molar-refractivity contribution in [3.05, 3.63) is 0 Å². The number of hydrogen-bond acceptors (Lipinski definition) is 2. The number of rotatable bonds is 4. The van der Waals surface area contributed by atoms with Crippen LogP contribution in [0.15, 0.2) is 0 Å². The van der Waals surface area contributed by atoms with E-state index in [1.54, 1.807) is 7.11 Å². The predicted molar refractivity (Wildman–Crippen MR) is 45.3 cm³/mol. The molecule has 0 saturated carbocycles. The Balaban J connectivity index is 1.97. The number of nitrogens with zero attached hydrogens (tertiary/aromatic N) is 1. The molecule has 1 fully saturated rings. The first-order chi connectivity index (χ1) is 5.36. The first kappa shape index (κ1) is 8.58. The lowest BCUT2D eigenvalue weighted by atomic mass is 9.97. The Morgan fingerprint density at radius 2 is 2.36 bits per heavy atom. The van der Waals surface area contributed by atoms with E-state index in [4.69, 9.17) is 11.2 Å². The number of ether oxygens (including phenoxy) is 1. The first-order valence-electron chi connectivity index (χ1n) is 4.01. The van der Waals surface area contributed by atoms with Gasteiger partial charge in [0.1, 0.15) is 0 Å². The van der Waals surface area contributed by atoms with Crippen molar-refractivity contribution < 1.29 is 4.74 Å². The van der Waals surface area contributed by atoms with Gasteiger partial charge in [-0.05, 0) is 5.92 Å². The predicted octanol–water partition coefficient (Wildman–Crippen LogP) is 0.588. The van der Waals surface area contributed by atoms with Crippen LogP contribution in [-0.2, 0) is 4.74 Å². The Hall–Kier alpha value is -0.520. The molecule has 62 valence electrons. The molecule has 0 aliphatic carbocycles. The summed E-state index contributed by atoms with van der Waals surface area (Å²) in [7, 11) is 1.73. The van der Waals surface area contributed by atoms with Crippen LogP contribution < -0.4 is 0 Å². The summed E-state index contributed by atoms with van der Waals surface area (Å²) < 4.78 is 4.96. The van der Waals surface area contributed by atoms with Gasteiger partial charge in [0.05, 0.1) is 6.61 Å². The second-order valence-electron chi connectivity index (χ2n) is 3.03. The van der Waals surface area contributed by atoms with Gasteiger partial charge in [-0.25, -0.2) is 0 Å². The van der Waals surface area contributed by atoms with E-state index in [2.05, 4.69) is 10.8 Å². The molecule has 0 radical (unpaired) electrons. The summed E-state index contributed by atoms with van der Waals surface area (Å²) in [4.78, 5) is 2.37. The van der Waals surface area contributed by atoms with Crippen LogP contribution in [0.4, 0.5) is 0 Å². The zero-order valence-electron chi connectivity index (χ0n) is 7.05. The van der Waals surface area contributed by atoms with Crippen molar-refractivity contribution in [3.63, 3.8) is 0 Å². The van der Waals surface area contributed by atoms with E-state index in [1.165, 1.54) is 0 Å². The minimum absolute atomic E-state index is 0.747. The normalized spacial score (nSPS) is 19.3. The lowest BCUT2D eigenvalue weighted by Gasteiger charge is -2.38. The quantitative estimate of drug-likeness (QED) is 0.548. The number of hydrogen-bond donors (Lipinski definition) is 0. The largest absolute Gasteiger partial charge is 0.383 e. The van der Waals surface area contributed by atoms with Gasteiger partial charge in [-0.2, -0.15) is 0 Å². The lowest BCUT2D eigenvalue weighted by Crippen LogP contribution is -2.47. The molecule has 1 aliphatic heterocycles. The van der Waals surface area contributed by atoms with E-state index in [1.807, 2.05) is 0 Å². The molecule has 1 saturated heterocycles. The summed E-state index contributed by atoms with van der Waals surface area (Å²) in [5.41, 5.74) is 0. The van der Waals surface area contributed by atoms with Gasteiger partial charge in [-0.1, -0.05) is 0 Å². The van der Waals surface area contributed by atoms with Crippen LogP contribution in [0.2, 0.25) is 0 Å². The molecule has 0 bridgehead atoms. The van der Waals surface area contributed by atoms with E-state index in [0.717, 1.165) is 38.6 Å². The van der Waals surface area contributed by atoms with E-state index in [9.17, 15) is 0 Å². The summed E-state index contributed by atoms with van der Waals surface area (Å²) >= 11 is 0. The van der Waals surface area contributed by atoms with Gasteiger partial charge in [0, 0.05) is 33.2 Å². The van der Waals surface area contributed by atoms with Crippen LogP contribution in [0.5, 0.6) is 0 Å². The highest BCUT2D eigenvalue weighted by atomic mass is 16.5. The molecule has 2 nitrogen and oxygen atoms in total. The third-order valence-corrected chi connectivity index (χ3v) is 2.05. The Labute approximate surface area is 68.5 Å². The van der Waals surface area contributed by atoms with Gasteiger partial charge < -0.3 is 9.64 Å². The molecule has 0 atom stereocenters. The summed E-state index contributed by atoms with van der Waals surface area (Å²) in [5, 5.41) is 0. The highest BCUT2D eigenvalue weighted by Gasteiger charge is 2.24. The van der Waals surface area contributed by atoms with Crippen molar-refractivity contribution >= 4 is 0 Å². The molecule has 0 unspecified atom stereocenters. The van der Waals surface area contributed by atoms with Crippen molar-refractivity contribution in [1.29, 1.82) is 0 Å². The fourth-order valence-electron chi connectivity index (χ4n) is 1.38. The van der Waals surface area contributed by atoms with Gasteiger partial charge in [-0.3, -0.25) is 0 Å². The maximum Gasteiger partial charge on any atom is 0.0589 e. The molecule has 11 heavy (non-hydrogen) atoms. The van der Waals surface area contributed by atoms with Crippen LogP contribution in [0.25, 0.3) is 0 Å². The molecular formula is C9H15NO. The molecule has 0 spiro atoms. The summed E-state index contributed by atoms with van der Waals surface area (Å²) in [5.74, 6) is 3.44. The Morgan fingerprint density at radius 1 is 1.64 bits per heavy atom. The molecule has 0 aromatic rings. The molecule has 1 rings (SSSR count). The van der Waals surface area contributed by atoms with E-state index in [-0.39, 0.29) is 0 Å². The van der Waals surface area contributed by atoms with Crippen LogP contribution in [-0.4, -0.2) is 38.3 Å². The Kier molecular flexibility index (Phi) is 3.41. The smallest absolute Gasteiger partial charge is 0.0589 e. The van der Waals surface area contributed by atoms with Crippen LogP contribution >= 0.6 is 0 Å². The summed E-state index contributed by atoms with van der Waals surface area (Å²) in [6.45, 7) is 4.21. The van der Waals surface area contributed by atoms with Crippen LogP contribution in [0, 0.1) is 18.3 Å². The van der Waals surface area contributed by atoms with Gasteiger partial charge in [0.25, 0.3) is 0 Å². The van der Waals surface area contributed by atoms with Crippen molar-refractivity contribution in [2.75, 3.05) is 33.4 Å². The average Bonchev–Trinajstić information content (AvgIpc) is 1.94. The molecule has 0 amide bonds. The zero-order chi connectivity index (χ0) is 8.10. The second-order valence-corrected chi connectivity index (χ2v) is 3.03. The third kappa shape index (κ3) is 2.53. The van der Waals surface area contributed by atoms with Gasteiger partial charge >= 0.3 is 0 Å². The van der Waals surface area contributed by atoms with Crippen LogP contribution in [0.3, 0.4) is 0 Å². The van der Waals surface area contributed by atoms with Gasteiger partial charge in [0.2, 0.25) is 0 Å². The van der Waals surface area contributed by atoms with E-state index in [0.29, 0.717) is 0 Å². The second kappa shape index (κ2) is 4.38. The highest BCUT2D eigenvalue weighted by Crippen LogP contribution is 2.17. The number of terminal acetylenes is 1. The fourth-order valence-corrected chi connectivity index (χ4v) is 1.38. The standard InChI is InChI=1S/C9H15NO/c1-3-4-9-7-10(8-9)5-6-11-2/h1,9H,4-8H2,2H3. The topological polar surface area (TPSA) is 12.5 Å². The van der Waals surface area contributed by atoms with E-state index >= 15 is 0 Å². The maximum absolute atomic E-state index is 5.19. The monoisotopic (exact) mass is 153 g/mol. The van der Waals surface area contributed by atoms with Gasteiger partial charge in [-0.15, -0.1) is 12.3 Å². The van der Waals surface area contributed by atoms with Crippen molar-refractivity contribution in [2.45, 2.75) is 6.42 Å². The number of likely N-dealkylation sites (tertiary alicyclic amines) is 1. The molecular weight excluding hydrogens is 138 g/mol. The molecule has 0 N–H and O–H groups in total. The minimum Gasteiger partial charge on any atom is -0.383 e. The highest BCUT2D eigenvalue weighted by molar-refractivity contribution is 4.92. The fraction of sp³-hybridized carbons (Fsp3) is 0.778.